The summed E-state index contributed by atoms with van der Waals surface area (Å²) in [6.45, 7) is -2.57. The van der Waals surface area contributed by atoms with Gasteiger partial charge in [0.05, 0.1) is 24.0 Å². The highest BCUT2D eigenvalue weighted by molar-refractivity contribution is 6.29. The molecule has 3 rings (SSSR count). The lowest BCUT2D eigenvalue weighted by molar-refractivity contribution is 0.0690. The van der Waals surface area contributed by atoms with Crippen LogP contribution in [0.5, 0.6) is 5.75 Å². The van der Waals surface area contributed by atoms with Gasteiger partial charge in [-0.2, -0.15) is 5.10 Å². The zero-order valence-electron chi connectivity index (χ0n) is 16.1. The van der Waals surface area contributed by atoms with Gasteiger partial charge in [-0.05, 0) is 6.07 Å². The van der Waals surface area contributed by atoms with E-state index in [4.69, 9.17) is 20.5 Å². The average Bonchev–Trinajstić information content (AvgIpc) is 3.11. The minimum atomic E-state index is -2.57. The molecular formula is C15H12ClFN6O3. The number of carbonyl (C=O) groups is 1. The molecule has 0 saturated heterocycles. The predicted octanol–water partition coefficient (Wildman–Crippen LogP) is 2.51. The van der Waals surface area contributed by atoms with Crippen LogP contribution in [0.4, 0.5) is 15.8 Å². The number of benzene rings is 1. The van der Waals surface area contributed by atoms with Gasteiger partial charge in [0.15, 0.2) is 22.4 Å². The Bertz CT molecular complexity index is 1090. The molecule has 26 heavy (non-hydrogen) atoms. The summed E-state index contributed by atoms with van der Waals surface area (Å²) < 4.78 is 42.3. The lowest BCUT2D eigenvalue weighted by Crippen LogP contribution is -2.08. The molecule has 0 spiro atoms. The Kier molecular flexibility index (Phi) is 3.72. The van der Waals surface area contributed by atoms with Crippen LogP contribution in [0.2, 0.25) is 5.15 Å². The second-order valence-corrected chi connectivity index (χ2v) is 5.29. The predicted molar refractivity (Wildman–Crippen MR) is 90.2 cm³/mol. The normalized spacial score (nSPS) is 12.8. The summed E-state index contributed by atoms with van der Waals surface area (Å²) in [5, 5.41) is 22.7. The number of carboxylic acid groups (broad SMARTS) is 1. The van der Waals surface area contributed by atoms with Crippen LogP contribution in [0.25, 0.3) is 11.4 Å². The Morgan fingerprint density at radius 2 is 2.19 bits per heavy atom. The highest BCUT2D eigenvalue weighted by atomic mass is 35.5. The van der Waals surface area contributed by atoms with Gasteiger partial charge < -0.3 is 15.2 Å². The number of anilines is 2. The summed E-state index contributed by atoms with van der Waals surface area (Å²) >= 11 is 5.78. The van der Waals surface area contributed by atoms with Crippen molar-refractivity contribution in [1.82, 2.24) is 25.0 Å². The van der Waals surface area contributed by atoms with Crippen molar-refractivity contribution >= 4 is 28.9 Å². The summed E-state index contributed by atoms with van der Waals surface area (Å²) in [6, 6.07) is 3.30. The van der Waals surface area contributed by atoms with Gasteiger partial charge >= 0.3 is 5.97 Å². The van der Waals surface area contributed by atoms with Crippen LogP contribution in [0.3, 0.4) is 0 Å². The molecule has 0 saturated carbocycles. The molecule has 134 valence electrons. The maximum atomic E-state index is 14.3. The average molecular weight is 382 g/mol. The lowest BCUT2D eigenvalue weighted by Gasteiger charge is -2.15. The molecular weight excluding hydrogens is 367 g/mol. The third-order valence-electron chi connectivity index (χ3n) is 3.23. The summed E-state index contributed by atoms with van der Waals surface area (Å²) in [5.74, 6) is -2.19. The van der Waals surface area contributed by atoms with Gasteiger partial charge in [-0.25, -0.2) is 14.2 Å². The molecule has 3 aromatic rings. The van der Waals surface area contributed by atoms with Gasteiger partial charge in [0.1, 0.15) is 12.1 Å². The topological polar surface area (TPSA) is 115 Å². The summed E-state index contributed by atoms with van der Waals surface area (Å²) in [4.78, 5) is 15.3. The zero-order chi connectivity index (χ0) is 21.3. The van der Waals surface area contributed by atoms with E-state index in [0.717, 1.165) is 18.5 Å². The number of aromatic carboxylic acids is 1. The molecule has 2 N–H and O–H groups in total. The maximum Gasteiger partial charge on any atom is 0.358 e. The van der Waals surface area contributed by atoms with E-state index in [1.807, 2.05) is 0 Å². The van der Waals surface area contributed by atoms with Crippen LogP contribution in [-0.4, -0.2) is 43.1 Å². The number of hydrogen-bond acceptors (Lipinski definition) is 7. The van der Waals surface area contributed by atoms with Gasteiger partial charge in [0.2, 0.25) is 0 Å². The van der Waals surface area contributed by atoms with E-state index in [1.54, 1.807) is 0 Å². The Labute approximate surface area is 155 Å². The van der Waals surface area contributed by atoms with Crippen molar-refractivity contribution in [3.63, 3.8) is 0 Å². The van der Waals surface area contributed by atoms with Crippen molar-refractivity contribution in [3.05, 3.63) is 41.2 Å². The van der Waals surface area contributed by atoms with Gasteiger partial charge in [0, 0.05) is 23.2 Å². The van der Waals surface area contributed by atoms with Crippen molar-refractivity contribution in [3.8, 4) is 17.1 Å². The first kappa shape index (κ1) is 14.0. The van der Waals surface area contributed by atoms with Crippen molar-refractivity contribution in [2.24, 2.45) is 6.98 Å². The largest absolute Gasteiger partial charge is 0.494 e. The van der Waals surface area contributed by atoms with Crippen molar-refractivity contribution in [2.45, 2.75) is 0 Å². The Morgan fingerprint density at radius 3 is 2.85 bits per heavy atom. The molecule has 0 fully saturated rings. The monoisotopic (exact) mass is 381 g/mol. The fourth-order valence-corrected chi connectivity index (χ4v) is 2.37. The number of rotatable bonds is 5. The summed E-state index contributed by atoms with van der Waals surface area (Å²) in [6.07, 6.45) is 0.981. The van der Waals surface area contributed by atoms with Crippen LogP contribution < -0.4 is 10.1 Å². The number of aromatic nitrogens is 5. The molecule has 0 aliphatic heterocycles. The molecule has 9 nitrogen and oxygen atoms in total. The fraction of sp³-hybridized carbons (Fsp3) is 0.133. The maximum absolute atomic E-state index is 14.3. The van der Waals surface area contributed by atoms with Gasteiger partial charge in [-0.1, -0.05) is 11.6 Å². The Balaban J connectivity index is 2.12. The molecule has 11 heteroatoms. The minimum Gasteiger partial charge on any atom is -0.494 e. The van der Waals surface area contributed by atoms with Crippen molar-refractivity contribution in [1.29, 1.82) is 0 Å². The quantitative estimate of drug-likeness (QED) is 0.692. The first-order valence-electron chi connectivity index (χ1n) is 8.43. The molecule has 0 aliphatic carbocycles. The van der Waals surface area contributed by atoms with Crippen LogP contribution in [-0.2, 0) is 6.98 Å². The zero-order valence-corrected chi connectivity index (χ0v) is 13.8. The van der Waals surface area contributed by atoms with Crippen LogP contribution in [0.1, 0.15) is 14.6 Å². The SMILES string of the molecule is [2H]C([2H])([2H])n1cnc(-c2cc(F)cc(Nc3cc(Cl)nnc3C(=O)O)c2OC)n1. The van der Waals surface area contributed by atoms with E-state index in [2.05, 4.69) is 25.6 Å². The van der Waals surface area contributed by atoms with Crippen LogP contribution >= 0.6 is 11.6 Å². The number of methoxy groups -OCH3 is 1. The number of hydrogen-bond donors (Lipinski definition) is 2. The van der Waals surface area contributed by atoms with E-state index < -0.39 is 24.5 Å². The van der Waals surface area contributed by atoms with E-state index >= 15 is 0 Å². The van der Waals surface area contributed by atoms with Crippen molar-refractivity contribution < 1.29 is 23.1 Å². The molecule has 0 atom stereocenters. The number of nitrogens with one attached hydrogen (secondary N) is 1. The molecule has 0 radical (unpaired) electrons. The molecule has 0 bridgehead atoms. The second kappa shape index (κ2) is 6.92. The van der Waals surface area contributed by atoms with E-state index in [-0.39, 0.29) is 33.7 Å². The standard InChI is InChI=1S/C15H12ClFN6O3/c1-23-6-18-14(22-23)8-3-7(17)4-10(13(8)26-2)19-9-5-11(16)20-21-12(9)15(24)25/h3-6H,1-2H3,(H,19,20)(H,24,25)/i1D3. The Hall–Kier alpha value is -3.27. The van der Waals surface area contributed by atoms with Gasteiger partial charge in [-0.15, -0.1) is 10.2 Å². The van der Waals surface area contributed by atoms with E-state index in [9.17, 15) is 14.3 Å². The molecule has 0 amide bonds. The number of nitrogens with zero attached hydrogens (tertiary/aromatic N) is 5. The van der Waals surface area contributed by atoms with E-state index in [0.29, 0.717) is 4.68 Å². The number of aryl methyl sites for hydroxylation is 1. The highest BCUT2D eigenvalue weighted by Gasteiger charge is 2.20. The lowest BCUT2D eigenvalue weighted by atomic mass is 10.1. The third kappa shape index (κ3) is 3.40. The molecule has 2 aromatic heterocycles. The third-order valence-corrected chi connectivity index (χ3v) is 3.41. The molecule has 0 aliphatic rings. The first-order valence-corrected chi connectivity index (χ1v) is 7.31. The number of halogens is 2. The molecule has 2 heterocycles. The highest BCUT2D eigenvalue weighted by Crippen LogP contribution is 2.38. The fourth-order valence-electron chi connectivity index (χ4n) is 2.23. The second-order valence-electron chi connectivity index (χ2n) is 4.91. The summed E-state index contributed by atoms with van der Waals surface area (Å²) in [7, 11) is 1.29. The van der Waals surface area contributed by atoms with Crippen LogP contribution in [0, 0.1) is 5.82 Å². The molecule has 0 unspecified atom stereocenters. The number of ether oxygens (including phenoxy) is 1. The number of carboxylic acids is 1. The first-order chi connectivity index (χ1) is 13.6. The Morgan fingerprint density at radius 1 is 1.38 bits per heavy atom. The van der Waals surface area contributed by atoms with Crippen molar-refractivity contribution in [2.75, 3.05) is 12.4 Å². The van der Waals surface area contributed by atoms with E-state index in [1.165, 1.54) is 13.2 Å². The smallest absolute Gasteiger partial charge is 0.358 e. The van der Waals surface area contributed by atoms with Gasteiger partial charge in [-0.3, -0.25) is 4.68 Å². The summed E-state index contributed by atoms with van der Waals surface area (Å²) in [5.41, 5.74) is -0.456. The van der Waals surface area contributed by atoms with Gasteiger partial charge in [0.25, 0.3) is 0 Å². The van der Waals surface area contributed by atoms with Crippen LogP contribution in [0.15, 0.2) is 24.5 Å². The molecule has 1 aromatic carbocycles. The minimum absolute atomic E-state index is 0.0132.